The van der Waals surface area contributed by atoms with Gasteiger partial charge in [-0.3, -0.25) is 4.79 Å². The van der Waals surface area contributed by atoms with Crippen molar-refractivity contribution in [2.45, 2.75) is 6.17 Å². The van der Waals surface area contributed by atoms with Gasteiger partial charge in [0.1, 0.15) is 6.17 Å². The summed E-state index contributed by atoms with van der Waals surface area (Å²) in [6.45, 7) is 1.71. The minimum Gasteiger partial charge on any atom is -0.345 e. The number of hydrogen-bond donors (Lipinski definition) is 1. The Balaban J connectivity index is 2.00. The fraction of sp³-hybridized carbons (Fsp3) is 0.278. The van der Waals surface area contributed by atoms with Crippen LogP contribution in [0.2, 0.25) is 5.02 Å². The predicted octanol–water partition coefficient (Wildman–Crippen LogP) is 3.15. The number of likely N-dealkylation sites (N-methyl/N-ethyl adjacent to an activating group) is 1. The highest BCUT2D eigenvalue weighted by atomic mass is 35.5. The van der Waals surface area contributed by atoms with Crippen LogP contribution in [0.5, 0.6) is 0 Å². The molecule has 0 spiro atoms. The summed E-state index contributed by atoms with van der Waals surface area (Å²) < 4.78 is 0. The topological polar surface area (TPSA) is 35.6 Å². The number of amides is 1. The van der Waals surface area contributed by atoms with E-state index in [-0.39, 0.29) is 12.1 Å². The first-order chi connectivity index (χ1) is 11.1. The lowest BCUT2D eigenvalue weighted by Gasteiger charge is -2.39. The van der Waals surface area contributed by atoms with Gasteiger partial charge in [-0.25, -0.2) is 0 Å². The van der Waals surface area contributed by atoms with E-state index in [1.54, 1.807) is 0 Å². The van der Waals surface area contributed by atoms with Gasteiger partial charge in [-0.2, -0.15) is 0 Å². The van der Waals surface area contributed by atoms with E-state index in [1.165, 1.54) is 0 Å². The fourth-order valence-electron chi connectivity index (χ4n) is 2.80. The van der Waals surface area contributed by atoms with Crippen LogP contribution in [-0.2, 0) is 0 Å². The van der Waals surface area contributed by atoms with Crippen LogP contribution in [0.15, 0.2) is 48.5 Å². The molecule has 0 unspecified atom stereocenters. The Hall–Kier alpha value is -2.04. The summed E-state index contributed by atoms with van der Waals surface area (Å²) in [4.78, 5) is 16.8. The van der Waals surface area contributed by atoms with Crippen LogP contribution >= 0.6 is 11.6 Å². The van der Waals surface area contributed by atoms with Crippen molar-refractivity contribution in [1.29, 1.82) is 0 Å². The van der Waals surface area contributed by atoms with Crippen LogP contribution in [0.3, 0.4) is 0 Å². The number of nitrogens with one attached hydrogen (secondary N) is 1. The summed E-state index contributed by atoms with van der Waals surface area (Å²) in [6.07, 6.45) is -0.186. The second kappa shape index (κ2) is 6.60. The van der Waals surface area contributed by atoms with Crippen molar-refractivity contribution in [3.8, 4) is 0 Å². The van der Waals surface area contributed by atoms with E-state index in [1.807, 2.05) is 62.6 Å². The third kappa shape index (κ3) is 3.33. The summed E-state index contributed by atoms with van der Waals surface area (Å²) in [5.41, 5.74) is 2.71. The molecule has 1 amide bonds. The Morgan fingerprint density at radius 1 is 1.13 bits per heavy atom. The summed E-state index contributed by atoms with van der Waals surface area (Å²) >= 11 is 5.99. The molecule has 0 saturated carbocycles. The molecule has 1 aliphatic heterocycles. The van der Waals surface area contributed by atoms with E-state index < -0.39 is 0 Å². The first-order valence-electron chi connectivity index (χ1n) is 7.63. The number of benzene rings is 2. The van der Waals surface area contributed by atoms with Crippen molar-refractivity contribution < 1.29 is 4.79 Å². The number of fused-ring (bicyclic) bond motifs is 1. The number of hydrogen-bond acceptors (Lipinski definition) is 3. The Labute approximate surface area is 141 Å². The van der Waals surface area contributed by atoms with Gasteiger partial charge >= 0.3 is 0 Å². The van der Waals surface area contributed by atoms with Gasteiger partial charge in [-0.1, -0.05) is 35.9 Å². The number of nitrogens with zero attached hydrogens (tertiary/aromatic N) is 2. The SMILES string of the molecule is CN(C)CCN1c2ccccc2C(=O)N[C@@H]1c1ccc(Cl)cc1. The molecule has 1 heterocycles. The second-order valence-corrected chi connectivity index (χ2v) is 6.38. The average Bonchev–Trinajstić information content (AvgIpc) is 2.54. The first-order valence-corrected chi connectivity index (χ1v) is 8.01. The molecule has 2 aromatic rings. The van der Waals surface area contributed by atoms with E-state index in [9.17, 15) is 4.79 Å². The van der Waals surface area contributed by atoms with Gasteiger partial charge in [-0.05, 0) is 43.9 Å². The highest BCUT2D eigenvalue weighted by molar-refractivity contribution is 6.30. The molecule has 5 heteroatoms. The molecule has 1 atom stereocenters. The molecule has 3 rings (SSSR count). The number of rotatable bonds is 4. The molecule has 0 aliphatic carbocycles. The Morgan fingerprint density at radius 3 is 2.52 bits per heavy atom. The standard InChI is InChI=1S/C18H20ClN3O/c1-21(2)11-12-22-16-6-4-3-5-15(16)18(23)20-17(22)13-7-9-14(19)10-8-13/h3-10,17H,11-12H2,1-2H3,(H,20,23)/t17-/m0/s1. The van der Waals surface area contributed by atoms with Gasteiger partial charge in [0.05, 0.1) is 11.3 Å². The maximum atomic E-state index is 12.4. The van der Waals surface area contributed by atoms with Crippen LogP contribution in [0.4, 0.5) is 5.69 Å². The summed E-state index contributed by atoms with van der Waals surface area (Å²) in [5.74, 6) is -0.0401. The summed E-state index contributed by atoms with van der Waals surface area (Å²) in [7, 11) is 4.09. The molecular formula is C18H20ClN3O. The Morgan fingerprint density at radius 2 is 1.83 bits per heavy atom. The molecule has 1 N–H and O–H groups in total. The van der Waals surface area contributed by atoms with Gasteiger partial charge in [0.2, 0.25) is 0 Å². The van der Waals surface area contributed by atoms with Gasteiger partial charge in [0.25, 0.3) is 5.91 Å². The highest BCUT2D eigenvalue weighted by Gasteiger charge is 2.31. The normalized spacial score (nSPS) is 17.1. The van der Waals surface area contributed by atoms with Crippen molar-refractivity contribution in [2.24, 2.45) is 0 Å². The van der Waals surface area contributed by atoms with Crippen LogP contribution < -0.4 is 10.2 Å². The zero-order chi connectivity index (χ0) is 16.4. The quantitative estimate of drug-likeness (QED) is 0.936. The lowest BCUT2D eigenvalue weighted by molar-refractivity contribution is 0.0926. The summed E-state index contributed by atoms with van der Waals surface area (Å²) in [6, 6.07) is 15.4. The lowest BCUT2D eigenvalue weighted by atomic mass is 10.0. The molecule has 0 radical (unpaired) electrons. The molecule has 23 heavy (non-hydrogen) atoms. The van der Waals surface area contributed by atoms with E-state index >= 15 is 0 Å². The lowest BCUT2D eigenvalue weighted by Crippen LogP contribution is -2.48. The number of carbonyl (C=O) groups is 1. The molecule has 2 aromatic carbocycles. The highest BCUT2D eigenvalue weighted by Crippen LogP contribution is 2.33. The first kappa shape index (κ1) is 15.8. The van der Waals surface area contributed by atoms with Crippen molar-refractivity contribution in [3.63, 3.8) is 0 Å². The maximum Gasteiger partial charge on any atom is 0.255 e. The number of halogens is 1. The third-order valence-corrected chi connectivity index (χ3v) is 4.26. The van der Waals surface area contributed by atoms with E-state index in [0.717, 1.165) is 29.9 Å². The number of carbonyl (C=O) groups excluding carboxylic acids is 1. The van der Waals surface area contributed by atoms with Crippen LogP contribution in [-0.4, -0.2) is 38.0 Å². The Kier molecular flexibility index (Phi) is 4.55. The molecule has 120 valence electrons. The van der Waals surface area contributed by atoms with Gasteiger partial charge in [0, 0.05) is 18.1 Å². The number of anilines is 1. The van der Waals surface area contributed by atoms with E-state index in [4.69, 9.17) is 11.6 Å². The minimum absolute atomic E-state index is 0.0401. The smallest absolute Gasteiger partial charge is 0.255 e. The van der Waals surface area contributed by atoms with E-state index in [0.29, 0.717) is 5.02 Å². The van der Waals surface area contributed by atoms with Crippen LogP contribution in [0.25, 0.3) is 0 Å². The molecule has 4 nitrogen and oxygen atoms in total. The molecular weight excluding hydrogens is 310 g/mol. The summed E-state index contributed by atoms with van der Waals surface area (Å²) in [5, 5.41) is 3.80. The van der Waals surface area contributed by atoms with Crippen molar-refractivity contribution in [2.75, 3.05) is 32.1 Å². The average molecular weight is 330 g/mol. The zero-order valence-corrected chi connectivity index (χ0v) is 14.0. The minimum atomic E-state index is -0.186. The van der Waals surface area contributed by atoms with Crippen LogP contribution in [0.1, 0.15) is 22.1 Å². The third-order valence-electron chi connectivity index (χ3n) is 4.01. The fourth-order valence-corrected chi connectivity index (χ4v) is 2.93. The van der Waals surface area contributed by atoms with E-state index in [2.05, 4.69) is 15.1 Å². The largest absolute Gasteiger partial charge is 0.345 e. The van der Waals surface area contributed by atoms with Gasteiger partial charge in [0.15, 0.2) is 0 Å². The van der Waals surface area contributed by atoms with Gasteiger partial charge < -0.3 is 15.1 Å². The molecule has 0 fully saturated rings. The Bertz CT molecular complexity index is 700. The zero-order valence-electron chi connectivity index (χ0n) is 13.3. The maximum absolute atomic E-state index is 12.4. The second-order valence-electron chi connectivity index (χ2n) is 5.94. The number of para-hydroxylation sites is 1. The molecule has 1 aliphatic rings. The van der Waals surface area contributed by atoms with Crippen molar-refractivity contribution in [3.05, 3.63) is 64.7 Å². The molecule has 0 aromatic heterocycles. The molecule has 0 saturated heterocycles. The van der Waals surface area contributed by atoms with Crippen molar-refractivity contribution in [1.82, 2.24) is 10.2 Å². The van der Waals surface area contributed by atoms with Crippen LogP contribution in [0, 0.1) is 0 Å². The monoisotopic (exact) mass is 329 g/mol. The van der Waals surface area contributed by atoms with Gasteiger partial charge in [-0.15, -0.1) is 0 Å². The van der Waals surface area contributed by atoms with Crippen molar-refractivity contribution >= 4 is 23.2 Å². The molecule has 0 bridgehead atoms. The predicted molar refractivity (Wildman–Crippen MR) is 94.0 cm³/mol.